The number of nitrogens with one attached hydrogen (secondary N) is 1. The molecule has 2 aliphatic rings. The van der Waals surface area contributed by atoms with Gasteiger partial charge < -0.3 is 9.69 Å². The molecule has 13 heavy (non-hydrogen) atoms. The maximum Gasteiger partial charge on any atom is 0.171 e. The minimum absolute atomic E-state index is 0.135. The zero-order chi connectivity index (χ0) is 9.26. The van der Waals surface area contributed by atoms with Gasteiger partial charge in [-0.1, -0.05) is 6.92 Å². The molecule has 1 unspecified atom stereocenters. The van der Waals surface area contributed by atoms with E-state index in [-0.39, 0.29) is 6.04 Å². The van der Waals surface area contributed by atoms with Gasteiger partial charge in [-0.15, -0.1) is 0 Å². The zero-order valence-electron chi connectivity index (χ0n) is 7.53. The fourth-order valence-corrected chi connectivity index (χ4v) is 1.59. The molecule has 0 amide bonds. The Morgan fingerprint density at radius 1 is 1.77 bits per heavy atom. The second kappa shape index (κ2) is 3.16. The van der Waals surface area contributed by atoms with Gasteiger partial charge in [0.2, 0.25) is 0 Å². The molecule has 2 heterocycles. The average molecular weight is 180 g/mol. The monoisotopic (exact) mass is 180 g/mol. The third-order valence-electron chi connectivity index (χ3n) is 2.32. The van der Waals surface area contributed by atoms with Crippen LogP contribution in [0, 0.1) is 0 Å². The molecule has 0 saturated heterocycles. The summed E-state index contributed by atoms with van der Waals surface area (Å²) in [6, 6.07) is -0.135. The van der Waals surface area contributed by atoms with Crippen molar-refractivity contribution in [1.29, 1.82) is 0 Å². The van der Waals surface area contributed by atoms with Crippen molar-refractivity contribution in [3.63, 3.8) is 0 Å². The van der Waals surface area contributed by atoms with Gasteiger partial charge in [0.1, 0.15) is 19.0 Å². The number of hydrazone groups is 1. The minimum Gasteiger partial charge on any atom is -0.323 e. The summed E-state index contributed by atoms with van der Waals surface area (Å²) in [5.41, 5.74) is 3.86. The maximum absolute atomic E-state index is 10.7. The number of nitrogens with zero attached hydrogens (tertiary/aromatic N) is 3. The molecular weight excluding hydrogens is 168 g/mol. The second-order valence-electron chi connectivity index (χ2n) is 3.07. The lowest BCUT2D eigenvalue weighted by atomic mass is 10.1. The van der Waals surface area contributed by atoms with Crippen LogP contribution in [-0.2, 0) is 4.79 Å². The fourth-order valence-electron chi connectivity index (χ4n) is 1.59. The zero-order valence-corrected chi connectivity index (χ0v) is 7.53. The molecule has 0 saturated carbocycles. The number of carbonyl (C=O) groups excluding carboxylic acids is 1. The van der Waals surface area contributed by atoms with Crippen LogP contribution in [0.1, 0.15) is 13.3 Å². The molecule has 70 valence electrons. The lowest BCUT2D eigenvalue weighted by Gasteiger charge is -2.28. The van der Waals surface area contributed by atoms with Gasteiger partial charge in [0.05, 0.1) is 12.3 Å². The van der Waals surface area contributed by atoms with Crippen LogP contribution in [0.4, 0.5) is 0 Å². The Morgan fingerprint density at radius 3 is 3.31 bits per heavy atom. The molecule has 2 aliphatic heterocycles. The largest absolute Gasteiger partial charge is 0.323 e. The summed E-state index contributed by atoms with van der Waals surface area (Å²) in [6.07, 6.45) is 1.79. The summed E-state index contributed by atoms with van der Waals surface area (Å²) in [5, 5.41) is 4.11. The number of hydrogen-bond donors (Lipinski definition) is 1. The molecule has 0 radical (unpaired) electrons. The first-order valence-electron chi connectivity index (χ1n) is 4.43. The van der Waals surface area contributed by atoms with Gasteiger partial charge in [-0.2, -0.15) is 5.10 Å². The number of hydrogen-bond acceptors (Lipinski definition) is 5. The first kappa shape index (κ1) is 8.22. The van der Waals surface area contributed by atoms with Gasteiger partial charge in [0, 0.05) is 0 Å². The number of aldehydes is 1. The molecule has 1 atom stereocenters. The Morgan fingerprint density at radius 2 is 2.62 bits per heavy atom. The summed E-state index contributed by atoms with van der Waals surface area (Å²) in [4.78, 5) is 17.0. The van der Waals surface area contributed by atoms with Crippen LogP contribution in [0.5, 0.6) is 0 Å². The molecule has 0 aromatic heterocycles. The number of carbonyl (C=O) groups is 1. The summed E-state index contributed by atoms with van der Waals surface area (Å²) in [7, 11) is 0. The van der Waals surface area contributed by atoms with Crippen LogP contribution >= 0.6 is 0 Å². The van der Waals surface area contributed by atoms with Gasteiger partial charge in [-0.05, 0) is 6.42 Å². The summed E-state index contributed by atoms with van der Waals surface area (Å²) >= 11 is 0. The number of aliphatic imine (C=N–C) groups is 1. The maximum atomic E-state index is 10.7. The molecule has 0 aliphatic carbocycles. The quantitative estimate of drug-likeness (QED) is 0.588. The van der Waals surface area contributed by atoms with Crippen LogP contribution in [0.25, 0.3) is 0 Å². The predicted molar refractivity (Wildman–Crippen MR) is 49.7 cm³/mol. The van der Waals surface area contributed by atoms with E-state index < -0.39 is 0 Å². The smallest absolute Gasteiger partial charge is 0.171 e. The van der Waals surface area contributed by atoms with E-state index in [1.54, 1.807) is 0 Å². The lowest BCUT2D eigenvalue weighted by Crippen LogP contribution is -2.48. The van der Waals surface area contributed by atoms with Crippen LogP contribution in [-0.4, -0.2) is 42.0 Å². The molecule has 1 N–H and O–H groups in total. The number of rotatable bonds is 2. The van der Waals surface area contributed by atoms with Crippen LogP contribution in [0.3, 0.4) is 0 Å². The third-order valence-corrected chi connectivity index (χ3v) is 2.32. The topological polar surface area (TPSA) is 57.1 Å². The first-order chi connectivity index (χ1) is 6.36. The SMILES string of the molecule is CCC1=NCC(C=O)N2CNN=C12. The van der Waals surface area contributed by atoms with E-state index in [1.165, 1.54) is 0 Å². The van der Waals surface area contributed by atoms with Gasteiger partial charge >= 0.3 is 0 Å². The van der Waals surface area contributed by atoms with Gasteiger partial charge in [0.15, 0.2) is 5.84 Å². The predicted octanol–water partition coefficient (Wildman–Crippen LogP) is -0.405. The van der Waals surface area contributed by atoms with Crippen molar-refractivity contribution in [3.05, 3.63) is 0 Å². The van der Waals surface area contributed by atoms with Crippen LogP contribution in [0.2, 0.25) is 0 Å². The highest BCUT2D eigenvalue weighted by molar-refractivity contribution is 6.42. The Bertz CT molecular complexity index is 284. The highest BCUT2D eigenvalue weighted by atomic mass is 16.1. The molecule has 0 spiro atoms. The minimum atomic E-state index is -0.135. The standard InChI is InChI=1S/C8H12N4O/c1-2-7-8-11-10-5-12(8)6(4-13)3-9-7/h4,6,10H,2-3,5H2,1H3. The van der Waals surface area contributed by atoms with Crippen molar-refractivity contribution >= 4 is 17.8 Å². The molecule has 0 aromatic rings. The summed E-state index contributed by atoms with van der Waals surface area (Å²) in [5.74, 6) is 0.839. The average Bonchev–Trinajstić information content (AvgIpc) is 2.64. The van der Waals surface area contributed by atoms with E-state index in [4.69, 9.17) is 0 Å². The number of amidine groups is 1. The van der Waals surface area contributed by atoms with Crippen molar-refractivity contribution in [3.8, 4) is 0 Å². The summed E-state index contributed by atoms with van der Waals surface area (Å²) < 4.78 is 0. The molecule has 0 fully saturated rings. The van der Waals surface area contributed by atoms with Gasteiger partial charge in [-0.3, -0.25) is 10.4 Å². The lowest BCUT2D eigenvalue weighted by molar-refractivity contribution is -0.111. The fraction of sp³-hybridized carbons (Fsp3) is 0.625. The van der Waals surface area contributed by atoms with Crippen LogP contribution in [0.15, 0.2) is 10.1 Å². The highest BCUT2D eigenvalue weighted by Gasteiger charge is 2.31. The number of fused-ring (bicyclic) bond motifs is 1. The first-order valence-corrected chi connectivity index (χ1v) is 4.43. The third kappa shape index (κ3) is 1.20. The second-order valence-corrected chi connectivity index (χ2v) is 3.07. The van der Waals surface area contributed by atoms with E-state index in [0.717, 1.165) is 24.3 Å². The van der Waals surface area contributed by atoms with E-state index in [1.807, 2.05) is 11.8 Å². The van der Waals surface area contributed by atoms with Gasteiger partial charge in [0.25, 0.3) is 0 Å². The Hall–Kier alpha value is -1.39. The molecule has 5 heteroatoms. The van der Waals surface area contributed by atoms with Crippen LogP contribution < -0.4 is 5.43 Å². The Balaban J connectivity index is 2.28. The van der Waals surface area contributed by atoms with Crippen molar-refractivity contribution in [2.45, 2.75) is 19.4 Å². The molecule has 2 rings (SSSR count). The molecule has 0 bridgehead atoms. The van der Waals surface area contributed by atoms with Crippen molar-refractivity contribution in [1.82, 2.24) is 10.3 Å². The Kier molecular flexibility index (Phi) is 2.00. The van der Waals surface area contributed by atoms with Crippen molar-refractivity contribution in [2.24, 2.45) is 10.1 Å². The van der Waals surface area contributed by atoms with Gasteiger partial charge in [-0.25, -0.2) is 0 Å². The van der Waals surface area contributed by atoms with E-state index in [0.29, 0.717) is 13.2 Å². The molecule has 5 nitrogen and oxygen atoms in total. The van der Waals surface area contributed by atoms with E-state index in [2.05, 4.69) is 15.5 Å². The Labute approximate surface area is 76.5 Å². The van der Waals surface area contributed by atoms with Crippen molar-refractivity contribution < 1.29 is 4.79 Å². The normalized spacial score (nSPS) is 25.9. The van der Waals surface area contributed by atoms with Crippen molar-refractivity contribution in [2.75, 3.05) is 13.2 Å². The molecule has 0 aromatic carbocycles. The highest BCUT2D eigenvalue weighted by Crippen LogP contribution is 2.12. The van der Waals surface area contributed by atoms with E-state index >= 15 is 0 Å². The summed E-state index contributed by atoms with van der Waals surface area (Å²) in [6.45, 7) is 3.23. The van der Waals surface area contributed by atoms with E-state index in [9.17, 15) is 4.79 Å². The molecular formula is C8H12N4O.